The molecule has 1 aromatic heterocycles. The molecule has 2 rings (SSSR count). The Hall–Kier alpha value is -0.940. The third-order valence-electron chi connectivity index (χ3n) is 3.03. The zero-order valence-electron chi connectivity index (χ0n) is 9.61. The molecule has 1 heterocycles. The molecular formula is C12H15BrN2O2. The van der Waals surface area contributed by atoms with E-state index < -0.39 is 6.10 Å². The van der Waals surface area contributed by atoms with Gasteiger partial charge in [0.25, 0.3) is 0 Å². The van der Waals surface area contributed by atoms with Gasteiger partial charge >= 0.3 is 0 Å². The molecule has 2 N–H and O–H groups in total. The van der Waals surface area contributed by atoms with Crippen LogP contribution in [0.25, 0.3) is 0 Å². The number of aromatic nitrogens is 1. The van der Waals surface area contributed by atoms with Crippen LogP contribution < -0.4 is 5.32 Å². The summed E-state index contributed by atoms with van der Waals surface area (Å²) >= 11 is 3.48. The van der Waals surface area contributed by atoms with Crippen molar-refractivity contribution in [3.05, 3.63) is 28.0 Å². The Morgan fingerprint density at radius 3 is 3.12 bits per heavy atom. The van der Waals surface area contributed by atoms with Crippen LogP contribution in [0.3, 0.4) is 0 Å². The van der Waals surface area contributed by atoms with Gasteiger partial charge in [-0.15, -0.1) is 0 Å². The van der Waals surface area contributed by atoms with E-state index in [1.54, 1.807) is 12.4 Å². The van der Waals surface area contributed by atoms with Crippen LogP contribution in [-0.4, -0.2) is 22.1 Å². The maximum absolute atomic E-state index is 11.5. The summed E-state index contributed by atoms with van der Waals surface area (Å²) in [4.78, 5) is 15.7. The van der Waals surface area contributed by atoms with E-state index in [-0.39, 0.29) is 11.9 Å². The summed E-state index contributed by atoms with van der Waals surface area (Å²) in [7, 11) is 0. The number of aliphatic hydroxyl groups is 1. The van der Waals surface area contributed by atoms with Gasteiger partial charge in [-0.05, 0) is 53.2 Å². The first kappa shape index (κ1) is 12.5. The molecule has 4 nitrogen and oxygen atoms in total. The molecule has 2 atom stereocenters. The second-order valence-electron chi connectivity index (χ2n) is 4.32. The fraction of sp³-hybridized carbons (Fsp3) is 0.500. The Morgan fingerprint density at radius 2 is 2.41 bits per heavy atom. The maximum atomic E-state index is 11.5. The molecule has 0 unspecified atom stereocenters. The van der Waals surface area contributed by atoms with Crippen LogP contribution in [0.4, 0.5) is 0 Å². The SMILES string of the molecule is C[C@H](O)C(=O)N[C@@H]1CCCc2c(Br)cncc21. The number of pyridine rings is 1. The highest BCUT2D eigenvalue weighted by atomic mass is 79.9. The molecular weight excluding hydrogens is 284 g/mol. The minimum atomic E-state index is -0.972. The summed E-state index contributed by atoms with van der Waals surface area (Å²) < 4.78 is 0.992. The van der Waals surface area contributed by atoms with Gasteiger partial charge in [-0.25, -0.2) is 0 Å². The Bertz CT molecular complexity index is 435. The van der Waals surface area contributed by atoms with Crippen LogP contribution in [0, 0.1) is 0 Å². The second-order valence-corrected chi connectivity index (χ2v) is 5.17. The number of amides is 1. The highest BCUT2D eigenvalue weighted by Gasteiger charge is 2.24. The van der Waals surface area contributed by atoms with Gasteiger partial charge in [-0.1, -0.05) is 0 Å². The van der Waals surface area contributed by atoms with E-state index in [2.05, 4.69) is 26.2 Å². The number of rotatable bonds is 2. The smallest absolute Gasteiger partial charge is 0.249 e. The molecule has 1 aliphatic carbocycles. The van der Waals surface area contributed by atoms with Gasteiger partial charge in [0, 0.05) is 16.9 Å². The lowest BCUT2D eigenvalue weighted by Gasteiger charge is -2.27. The first-order chi connectivity index (χ1) is 8.09. The van der Waals surface area contributed by atoms with E-state index in [0.29, 0.717) is 0 Å². The average Bonchev–Trinajstić information content (AvgIpc) is 2.30. The van der Waals surface area contributed by atoms with E-state index in [1.807, 2.05) is 0 Å². The highest BCUT2D eigenvalue weighted by Crippen LogP contribution is 2.33. The van der Waals surface area contributed by atoms with Gasteiger partial charge in [0.05, 0.1) is 6.04 Å². The molecule has 0 aromatic carbocycles. The lowest BCUT2D eigenvalue weighted by Crippen LogP contribution is -2.37. The molecule has 0 radical (unpaired) electrons. The van der Waals surface area contributed by atoms with Crippen molar-refractivity contribution in [3.8, 4) is 0 Å². The Kier molecular flexibility index (Phi) is 3.79. The van der Waals surface area contributed by atoms with E-state index in [4.69, 9.17) is 0 Å². The summed E-state index contributed by atoms with van der Waals surface area (Å²) in [6, 6.07) is -0.0363. The maximum Gasteiger partial charge on any atom is 0.249 e. The summed E-state index contributed by atoms with van der Waals surface area (Å²) in [6.45, 7) is 1.47. The van der Waals surface area contributed by atoms with E-state index in [9.17, 15) is 9.90 Å². The minimum Gasteiger partial charge on any atom is -0.384 e. The van der Waals surface area contributed by atoms with Crippen LogP contribution in [0.2, 0.25) is 0 Å². The quantitative estimate of drug-likeness (QED) is 0.874. The van der Waals surface area contributed by atoms with Crippen molar-refractivity contribution in [1.29, 1.82) is 0 Å². The van der Waals surface area contributed by atoms with Gasteiger partial charge < -0.3 is 10.4 Å². The molecule has 0 bridgehead atoms. The van der Waals surface area contributed by atoms with Crippen molar-refractivity contribution in [1.82, 2.24) is 10.3 Å². The predicted octanol–water partition coefficient (Wildman–Crippen LogP) is 1.72. The van der Waals surface area contributed by atoms with Crippen LogP contribution in [0.5, 0.6) is 0 Å². The number of halogens is 1. The average molecular weight is 299 g/mol. The largest absolute Gasteiger partial charge is 0.384 e. The minimum absolute atomic E-state index is 0.0363. The number of carbonyl (C=O) groups is 1. The zero-order valence-corrected chi connectivity index (χ0v) is 11.2. The molecule has 1 aromatic rings. The number of nitrogens with zero attached hydrogens (tertiary/aromatic N) is 1. The van der Waals surface area contributed by atoms with Crippen molar-refractivity contribution in [2.45, 2.75) is 38.3 Å². The number of hydrogen-bond donors (Lipinski definition) is 2. The third kappa shape index (κ3) is 2.66. The van der Waals surface area contributed by atoms with E-state index >= 15 is 0 Å². The fourth-order valence-corrected chi connectivity index (χ4v) is 2.67. The van der Waals surface area contributed by atoms with Crippen LogP contribution >= 0.6 is 15.9 Å². The van der Waals surface area contributed by atoms with Crippen molar-refractivity contribution in [2.75, 3.05) is 0 Å². The predicted molar refractivity (Wildman–Crippen MR) is 67.4 cm³/mol. The van der Waals surface area contributed by atoms with Crippen molar-refractivity contribution >= 4 is 21.8 Å². The number of carbonyl (C=O) groups excluding carboxylic acids is 1. The summed E-state index contributed by atoms with van der Waals surface area (Å²) in [5.41, 5.74) is 2.27. The topological polar surface area (TPSA) is 62.2 Å². The normalized spacial score (nSPS) is 20.5. The zero-order chi connectivity index (χ0) is 12.4. The Balaban J connectivity index is 2.23. The van der Waals surface area contributed by atoms with Crippen LogP contribution in [-0.2, 0) is 11.2 Å². The first-order valence-electron chi connectivity index (χ1n) is 5.70. The lowest BCUT2D eigenvalue weighted by molar-refractivity contribution is -0.129. The second kappa shape index (κ2) is 5.14. The molecule has 1 aliphatic rings. The molecule has 0 aliphatic heterocycles. The van der Waals surface area contributed by atoms with Crippen LogP contribution in [0.1, 0.15) is 36.9 Å². The molecule has 0 saturated carbocycles. The number of nitrogens with one attached hydrogen (secondary N) is 1. The number of aliphatic hydroxyl groups excluding tert-OH is 1. The Labute approximate surface area is 109 Å². The molecule has 0 saturated heterocycles. The lowest BCUT2D eigenvalue weighted by atomic mass is 9.89. The van der Waals surface area contributed by atoms with Crippen molar-refractivity contribution in [3.63, 3.8) is 0 Å². The standard InChI is InChI=1S/C12H15BrN2O2/c1-7(16)12(17)15-11-4-2-3-8-9(11)5-14-6-10(8)13/h5-7,11,16H,2-4H2,1H3,(H,15,17)/t7-,11+/m0/s1. The molecule has 0 spiro atoms. The van der Waals surface area contributed by atoms with Gasteiger partial charge in [-0.3, -0.25) is 9.78 Å². The van der Waals surface area contributed by atoms with Crippen LogP contribution in [0.15, 0.2) is 16.9 Å². The highest BCUT2D eigenvalue weighted by molar-refractivity contribution is 9.10. The van der Waals surface area contributed by atoms with Crippen molar-refractivity contribution < 1.29 is 9.90 Å². The third-order valence-corrected chi connectivity index (χ3v) is 3.71. The molecule has 92 valence electrons. The monoisotopic (exact) mass is 298 g/mol. The summed E-state index contributed by atoms with van der Waals surface area (Å²) in [5, 5.41) is 12.1. The fourth-order valence-electron chi connectivity index (χ4n) is 2.12. The number of fused-ring (bicyclic) bond motifs is 1. The molecule has 1 amide bonds. The van der Waals surface area contributed by atoms with Gasteiger partial charge in [0.1, 0.15) is 6.10 Å². The summed E-state index contributed by atoms with van der Waals surface area (Å²) in [6.07, 6.45) is 5.52. The number of hydrogen-bond acceptors (Lipinski definition) is 3. The van der Waals surface area contributed by atoms with E-state index in [0.717, 1.165) is 29.3 Å². The molecule has 0 fully saturated rings. The first-order valence-corrected chi connectivity index (χ1v) is 6.49. The Morgan fingerprint density at radius 1 is 1.65 bits per heavy atom. The van der Waals surface area contributed by atoms with Gasteiger partial charge in [0.2, 0.25) is 5.91 Å². The van der Waals surface area contributed by atoms with Gasteiger partial charge in [-0.2, -0.15) is 0 Å². The van der Waals surface area contributed by atoms with Gasteiger partial charge in [0.15, 0.2) is 0 Å². The van der Waals surface area contributed by atoms with Crippen molar-refractivity contribution in [2.24, 2.45) is 0 Å². The van der Waals surface area contributed by atoms with E-state index in [1.165, 1.54) is 12.5 Å². The molecule has 17 heavy (non-hydrogen) atoms. The summed E-state index contributed by atoms with van der Waals surface area (Å²) in [5.74, 6) is -0.331. The molecule has 5 heteroatoms.